The Balaban J connectivity index is 1.82. The molecule has 2 atom stereocenters. The zero-order valence-corrected chi connectivity index (χ0v) is 10.3. The third kappa shape index (κ3) is 3.00. The van der Waals surface area contributed by atoms with E-state index in [2.05, 4.69) is 0 Å². The van der Waals surface area contributed by atoms with E-state index < -0.39 is 12.2 Å². The number of amides is 1. The first-order valence-electron chi connectivity index (χ1n) is 5.87. The second-order valence-electron chi connectivity index (χ2n) is 4.29. The zero-order chi connectivity index (χ0) is 13.0. The summed E-state index contributed by atoms with van der Waals surface area (Å²) in [5, 5.41) is 9.62. The zero-order valence-electron chi connectivity index (χ0n) is 10.3. The van der Waals surface area contributed by atoms with Crippen molar-refractivity contribution in [3.63, 3.8) is 0 Å². The van der Waals surface area contributed by atoms with Crippen LogP contribution in [0.3, 0.4) is 0 Å². The molecule has 0 aromatic heterocycles. The third-order valence-corrected chi connectivity index (χ3v) is 3.00. The Labute approximate surface area is 106 Å². The molecule has 0 unspecified atom stereocenters. The van der Waals surface area contributed by atoms with Crippen molar-refractivity contribution in [2.45, 2.75) is 18.8 Å². The van der Waals surface area contributed by atoms with Crippen molar-refractivity contribution in [3.05, 3.63) is 35.9 Å². The molecule has 2 rings (SSSR count). The minimum atomic E-state index is -0.640. The standard InChI is InChI=1S/C13H17NO4/c1-17-12-8-14(7-11(12)15)13(16)18-9-10-5-3-2-4-6-10/h2-6,11-12,15H,7-9H2,1H3/t11-,12-/m1/s1. The molecule has 1 aromatic rings. The highest BCUT2D eigenvalue weighted by Crippen LogP contribution is 2.14. The number of methoxy groups -OCH3 is 1. The van der Waals surface area contributed by atoms with Crippen LogP contribution in [0.1, 0.15) is 5.56 Å². The highest BCUT2D eigenvalue weighted by Gasteiger charge is 2.34. The number of likely N-dealkylation sites (tertiary alicyclic amines) is 1. The molecule has 0 spiro atoms. The lowest BCUT2D eigenvalue weighted by Crippen LogP contribution is -2.30. The number of carbonyl (C=O) groups excluding carboxylic acids is 1. The molecule has 98 valence electrons. The number of aliphatic hydroxyl groups is 1. The maximum atomic E-state index is 11.8. The average Bonchev–Trinajstić information content (AvgIpc) is 2.78. The van der Waals surface area contributed by atoms with Crippen LogP contribution in [0.2, 0.25) is 0 Å². The molecule has 1 heterocycles. The lowest BCUT2D eigenvalue weighted by Gasteiger charge is -2.15. The summed E-state index contributed by atoms with van der Waals surface area (Å²) in [6, 6.07) is 9.48. The van der Waals surface area contributed by atoms with Crippen LogP contribution in [0.25, 0.3) is 0 Å². The van der Waals surface area contributed by atoms with Crippen molar-refractivity contribution in [3.8, 4) is 0 Å². The van der Waals surface area contributed by atoms with Crippen molar-refractivity contribution < 1.29 is 19.4 Å². The molecule has 1 saturated heterocycles. The average molecular weight is 251 g/mol. The smallest absolute Gasteiger partial charge is 0.410 e. The number of β-amino-alcohol motifs (C(OH)–C–C–N with tert-alkyl or cyclic N) is 1. The van der Waals surface area contributed by atoms with Crippen molar-refractivity contribution in [1.82, 2.24) is 4.90 Å². The Hall–Kier alpha value is -1.59. The Morgan fingerprint density at radius 2 is 2.11 bits per heavy atom. The van der Waals surface area contributed by atoms with Crippen LogP contribution in [0.15, 0.2) is 30.3 Å². The molecule has 1 aliphatic rings. The van der Waals surface area contributed by atoms with Gasteiger partial charge in [-0.15, -0.1) is 0 Å². The fourth-order valence-corrected chi connectivity index (χ4v) is 1.95. The van der Waals surface area contributed by atoms with Crippen LogP contribution >= 0.6 is 0 Å². The summed E-state index contributed by atoms with van der Waals surface area (Å²) in [4.78, 5) is 13.2. The summed E-state index contributed by atoms with van der Waals surface area (Å²) in [5.74, 6) is 0. The van der Waals surface area contributed by atoms with Gasteiger partial charge in [-0.2, -0.15) is 0 Å². The van der Waals surface area contributed by atoms with Crippen LogP contribution in [0.5, 0.6) is 0 Å². The normalized spacial score (nSPS) is 23.1. The van der Waals surface area contributed by atoms with Gasteiger partial charge in [-0.05, 0) is 5.56 Å². The molecule has 5 heteroatoms. The van der Waals surface area contributed by atoms with E-state index in [1.54, 1.807) is 0 Å². The highest BCUT2D eigenvalue weighted by atomic mass is 16.6. The minimum Gasteiger partial charge on any atom is -0.445 e. The topological polar surface area (TPSA) is 59.0 Å². The van der Waals surface area contributed by atoms with Gasteiger partial charge in [0.15, 0.2) is 0 Å². The van der Waals surface area contributed by atoms with Crippen LogP contribution in [0, 0.1) is 0 Å². The molecule has 5 nitrogen and oxygen atoms in total. The van der Waals surface area contributed by atoms with Gasteiger partial charge < -0.3 is 19.5 Å². The lowest BCUT2D eigenvalue weighted by atomic mass is 10.2. The summed E-state index contributed by atoms with van der Waals surface area (Å²) in [6.45, 7) is 0.862. The highest BCUT2D eigenvalue weighted by molar-refractivity contribution is 5.68. The fourth-order valence-electron chi connectivity index (χ4n) is 1.95. The maximum absolute atomic E-state index is 11.8. The Kier molecular flexibility index (Phi) is 4.17. The van der Waals surface area contributed by atoms with Crippen LogP contribution in [-0.2, 0) is 16.1 Å². The molecule has 0 bridgehead atoms. The summed E-state index contributed by atoms with van der Waals surface area (Å²) in [5.41, 5.74) is 0.939. The van der Waals surface area contributed by atoms with Crippen molar-refractivity contribution in [2.75, 3.05) is 20.2 Å². The monoisotopic (exact) mass is 251 g/mol. The number of hydrogen-bond acceptors (Lipinski definition) is 4. The summed E-state index contributed by atoms with van der Waals surface area (Å²) < 4.78 is 10.2. The SMILES string of the molecule is CO[C@@H]1CN(C(=O)OCc2ccccc2)C[C@H]1O. The number of hydrogen-bond donors (Lipinski definition) is 1. The third-order valence-electron chi connectivity index (χ3n) is 3.00. The van der Waals surface area contributed by atoms with Gasteiger partial charge in [-0.3, -0.25) is 0 Å². The van der Waals surface area contributed by atoms with Crippen molar-refractivity contribution >= 4 is 6.09 Å². The second kappa shape index (κ2) is 5.84. The molecule has 1 N–H and O–H groups in total. The lowest BCUT2D eigenvalue weighted by molar-refractivity contribution is 0.0214. The molecular formula is C13H17NO4. The summed E-state index contributed by atoms with van der Waals surface area (Å²) in [6.07, 6.45) is -1.38. The van der Waals surface area contributed by atoms with Gasteiger partial charge in [-0.25, -0.2) is 4.79 Å². The molecule has 0 saturated carbocycles. The minimum absolute atomic E-state index is 0.240. The van der Waals surface area contributed by atoms with Gasteiger partial charge in [0.25, 0.3) is 0 Å². The molecule has 0 aliphatic carbocycles. The van der Waals surface area contributed by atoms with E-state index in [-0.39, 0.29) is 19.3 Å². The van der Waals surface area contributed by atoms with Crippen LogP contribution < -0.4 is 0 Å². The number of nitrogens with zero attached hydrogens (tertiary/aromatic N) is 1. The fraction of sp³-hybridized carbons (Fsp3) is 0.462. The summed E-state index contributed by atoms with van der Waals surface area (Å²) in [7, 11) is 1.52. The first-order chi connectivity index (χ1) is 8.70. The molecular weight excluding hydrogens is 234 g/mol. The molecule has 1 fully saturated rings. The second-order valence-corrected chi connectivity index (χ2v) is 4.29. The van der Waals surface area contributed by atoms with E-state index >= 15 is 0 Å². The van der Waals surface area contributed by atoms with Gasteiger partial charge in [0.1, 0.15) is 12.7 Å². The predicted molar refractivity (Wildman–Crippen MR) is 65.0 cm³/mol. The molecule has 18 heavy (non-hydrogen) atoms. The first-order valence-corrected chi connectivity index (χ1v) is 5.87. The van der Waals surface area contributed by atoms with Crippen LogP contribution in [-0.4, -0.2) is 48.5 Å². The van der Waals surface area contributed by atoms with E-state index in [0.29, 0.717) is 6.54 Å². The van der Waals surface area contributed by atoms with Gasteiger partial charge in [-0.1, -0.05) is 30.3 Å². The van der Waals surface area contributed by atoms with E-state index in [9.17, 15) is 9.90 Å². The molecule has 0 radical (unpaired) electrons. The Bertz CT molecular complexity index is 395. The number of carbonyl (C=O) groups is 1. The number of benzene rings is 1. The van der Waals surface area contributed by atoms with E-state index in [0.717, 1.165) is 5.56 Å². The summed E-state index contributed by atoms with van der Waals surface area (Å²) >= 11 is 0. The molecule has 1 aliphatic heterocycles. The van der Waals surface area contributed by atoms with E-state index in [4.69, 9.17) is 9.47 Å². The van der Waals surface area contributed by atoms with Gasteiger partial charge >= 0.3 is 6.09 Å². The van der Waals surface area contributed by atoms with Crippen LogP contribution in [0.4, 0.5) is 4.79 Å². The van der Waals surface area contributed by atoms with E-state index in [1.807, 2.05) is 30.3 Å². The quantitative estimate of drug-likeness (QED) is 0.871. The molecule has 1 aromatic carbocycles. The number of rotatable bonds is 3. The number of aliphatic hydroxyl groups excluding tert-OH is 1. The largest absolute Gasteiger partial charge is 0.445 e. The Morgan fingerprint density at radius 1 is 1.39 bits per heavy atom. The van der Waals surface area contributed by atoms with Gasteiger partial charge in [0.2, 0.25) is 0 Å². The Morgan fingerprint density at radius 3 is 2.72 bits per heavy atom. The van der Waals surface area contributed by atoms with Gasteiger partial charge in [0, 0.05) is 7.11 Å². The maximum Gasteiger partial charge on any atom is 0.410 e. The van der Waals surface area contributed by atoms with Crippen molar-refractivity contribution in [2.24, 2.45) is 0 Å². The number of ether oxygens (including phenoxy) is 2. The molecule has 1 amide bonds. The van der Waals surface area contributed by atoms with Crippen molar-refractivity contribution in [1.29, 1.82) is 0 Å². The van der Waals surface area contributed by atoms with E-state index in [1.165, 1.54) is 12.0 Å². The predicted octanol–water partition coefficient (Wildman–Crippen LogP) is 1.01. The first kappa shape index (κ1) is 12.9. The van der Waals surface area contributed by atoms with Gasteiger partial charge in [0.05, 0.1) is 19.2 Å².